The van der Waals surface area contributed by atoms with E-state index >= 15 is 0 Å². The highest BCUT2D eigenvalue weighted by Gasteiger charge is 2.11. The minimum atomic E-state index is 0.255. The molecule has 0 bridgehead atoms. The quantitative estimate of drug-likeness (QED) is 0.747. The van der Waals surface area contributed by atoms with Gasteiger partial charge in [0.25, 0.3) is 0 Å². The fourth-order valence-electron chi connectivity index (χ4n) is 1.72. The molecule has 3 heteroatoms. The summed E-state index contributed by atoms with van der Waals surface area (Å²) < 4.78 is 2.05. The lowest BCUT2D eigenvalue weighted by atomic mass is 10.0. The molecule has 0 aliphatic heterocycles. The molecule has 0 aliphatic carbocycles. The van der Waals surface area contributed by atoms with Crippen molar-refractivity contribution in [3.8, 4) is 0 Å². The molecule has 0 saturated heterocycles. The SMILES string of the molecule is CC(C)C(CCO)NCc1ccn(C)c1. The summed E-state index contributed by atoms with van der Waals surface area (Å²) in [7, 11) is 2.02. The molecule has 15 heavy (non-hydrogen) atoms. The van der Waals surface area contributed by atoms with Crippen LogP contribution in [0.4, 0.5) is 0 Å². The monoisotopic (exact) mass is 210 g/mol. The molecule has 0 fully saturated rings. The average molecular weight is 210 g/mol. The van der Waals surface area contributed by atoms with E-state index in [1.807, 2.05) is 17.8 Å². The number of aliphatic hydroxyl groups is 1. The topological polar surface area (TPSA) is 37.2 Å². The Kier molecular flexibility index (Phi) is 4.85. The zero-order valence-electron chi connectivity index (χ0n) is 9.90. The van der Waals surface area contributed by atoms with E-state index in [9.17, 15) is 0 Å². The van der Waals surface area contributed by atoms with Crippen LogP contribution in [-0.2, 0) is 13.6 Å². The Morgan fingerprint density at radius 3 is 2.67 bits per heavy atom. The second-order valence-corrected chi connectivity index (χ2v) is 4.43. The van der Waals surface area contributed by atoms with Crippen molar-refractivity contribution in [2.45, 2.75) is 32.9 Å². The van der Waals surface area contributed by atoms with Crippen LogP contribution in [0.5, 0.6) is 0 Å². The van der Waals surface area contributed by atoms with Gasteiger partial charge in [0, 0.05) is 38.6 Å². The molecule has 0 radical (unpaired) electrons. The second kappa shape index (κ2) is 5.93. The number of nitrogens with zero attached hydrogens (tertiary/aromatic N) is 1. The Labute approximate surface area is 92.1 Å². The van der Waals surface area contributed by atoms with Crippen molar-refractivity contribution < 1.29 is 5.11 Å². The van der Waals surface area contributed by atoms with E-state index < -0.39 is 0 Å². The highest BCUT2D eigenvalue weighted by Crippen LogP contribution is 2.07. The number of rotatable bonds is 6. The minimum absolute atomic E-state index is 0.255. The summed E-state index contributed by atoms with van der Waals surface area (Å²) in [5.74, 6) is 0.556. The van der Waals surface area contributed by atoms with E-state index in [0.29, 0.717) is 12.0 Å². The van der Waals surface area contributed by atoms with Gasteiger partial charge in [0.1, 0.15) is 0 Å². The van der Waals surface area contributed by atoms with Crippen molar-refractivity contribution in [1.82, 2.24) is 9.88 Å². The summed E-state index contributed by atoms with van der Waals surface area (Å²) in [5, 5.41) is 12.4. The Morgan fingerprint density at radius 1 is 1.47 bits per heavy atom. The number of aryl methyl sites for hydroxylation is 1. The van der Waals surface area contributed by atoms with Crippen molar-refractivity contribution in [3.63, 3.8) is 0 Å². The van der Waals surface area contributed by atoms with Gasteiger partial charge in [-0.05, 0) is 24.0 Å². The summed E-state index contributed by atoms with van der Waals surface area (Å²) in [5.41, 5.74) is 1.29. The van der Waals surface area contributed by atoms with Gasteiger partial charge in [0.2, 0.25) is 0 Å². The molecule has 1 atom stereocenters. The molecule has 2 N–H and O–H groups in total. The fraction of sp³-hybridized carbons (Fsp3) is 0.667. The molecule has 0 aromatic carbocycles. The molecule has 86 valence electrons. The molecule has 0 spiro atoms. The predicted octanol–water partition coefficient (Wildman–Crippen LogP) is 1.52. The first-order valence-corrected chi connectivity index (χ1v) is 5.58. The molecule has 1 heterocycles. The zero-order chi connectivity index (χ0) is 11.3. The average Bonchev–Trinajstić information content (AvgIpc) is 2.58. The Morgan fingerprint density at radius 2 is 2.20 bits per heavy atom. The van der Waals surface area contributed by atoms with E-state index in [0.717, 1.165) is 13.0 Å². The smallest absolute Gasteiger partial charge is 0.0445 e. The summed E-state index contributed by atoms with van der Waals surface area (Å²) in [6, 6.07) is 2.51. The van der Waals surface area contributed by atoms with Crippen molar-refractivity contribution in [2.24, 2.45) is 13.0 Å². The van der Waals surface area contributed by atoms with Gasteiger partial charge in [-0.15, -0.1) is 0 Å². The summed E-state index contributed by atoms with van der Waals surface area (Å²) in [4.78, 5) is 0. The fourth-order valence-corrected chi connectivity index (χ4v) is 1.72. The molecule has 1 rings (SSSR count). The van der Waals surface area contributed by atoms with E-state index in [4.69, 9.17) is 5.11 Å². The maximum absolute atomic E-state index is 8.94. The maximum atomic E-state index is 8.94. The molecule has 0 saturated carbocycles. The maximum Gasteiger partial charge on any atom is 0.0445 e. The number of aromatic nitrogens is 1. The van der Waals surface area contributed by atoms with Gasteiger partial charge < -0.3 is 15.0 Å². The largest absolute Gasteiger partial charge is 0.396 e. The van der Waals surface area contributed by atoms with Gasteiger partial charge in [0.05, 0.1) is 0 Å². The summed E-state index contributed by atoms with van der Waals surface area (Å²) in [6.07, 6.45) is 4.99. The number of nitrogens with one attached hydrogen (secondary N) is 1. The molecule has 1 aromatic heterocycles. The number of hydrogen-bond acceptors (Lipinski definition) is 2. The third-order valence-electron chi connectivity index (χ3n) is 2.71. The van der Waals surface area contributed by atoms with E-state index in [1.54, 1.807) is 0 Å². The second-order valence-electron chi connectivity index (χ2n) is 4.43. The lowest BCUT2D eigenvalue weighted by molar-refractivity contribution is 0.244. The minimum Gasteiger partial charge on any atom is -0.396 e. The first-order chi connectivity index (χ1) is 7.13. The first kappa shape index (κ1) is 12.3. The van der Waals surface area contributed by atoms with Gasteiger partial charge in [-0.1, -0.05) is 13.8 Å². The molecule has 0 aliphatic rings. The van der Waals surface area contributed by atoms with Crippen LogP contribution < -0.4 is 5.32 Å². The summed E-state index contributed by atoms with van der Waals surface area (Å²) >= 11 is 0. The van der Waals surface area contributed by atoms with Crippen LogP contribution in [-0.4, -0.2) is 22.3 Å². The molecule has 1 unspecified atom stereocenters. The van der Waals surface area contributed by atoms with Crippen LogP contribution in [0.1, 0.15) is 25.8 Å². The molecule has 3 nitrogen and oxygen atoms in total. The van der Waals surface area contributed by atoms with E-state index in [1.165, 1.54) is 5.56 Å². The van der Waals surface area contributed by atoms with E-state index in [-0.39, 0.29) is 6.61 Å². The van der Waals surface area contributed by atoms with Crippen molar-refractivity contribution in [2.75, 3.05) is 6.61 Å². The van der Waals surface area contributed by atoms with Gasteiger partial charge in [-0.3, -0.25) is 0 Å². The van der Waals surface area contributed by atoms with Crippen molar-refractivity contribution >= 4 is 0 Å². The van der Waals surface area contributed by atoms with Crippen LogP contribution >= 0.6 is 0 Å². The third-order valence-corrected chi connectivity index (χ3v) is 2.71. The Balaban J connectivity index is 2.39. The Hall–Kier alpha value is -0.800. The lowest BCUT2D eigenvalue weighted by Crippen LogP contribution is -2.34. The van der Waals surface area contributed by atoms with E-state index in [2.05, 4.69) is 31.4 Å². The first-order valence-electron chi connectivity index (χ1n) is 5.58. The van der Waals surface area contributed by atoms with Crippen molar-refractivity contribution in [3.05, 3.63) is 24.0 Å². The van der Waals surface area contributed by atoms with Crippen LogP contribution in [0.2, 0.25) is 0 Å². The molecule has 0 amide bonds. The van der Waals surface area contributed by atoms with Crippen LogP contribution in [0, 0.1) is 5.92 Å². The van der Waals surface area contributed by atoms with Gasteiger partial charge in [-0.2, -0.15) is 0 Å². The highest BCUT2D eigenvalue weighted by molar-refractivity contribution is 5.09. The van der Waals surface area contributed by atoms with Gasteiger partial charge in [0.15, 0.2) is 0 Å². The highest BCUT2D eigenvalue weighted by atomic mass is 16.3. The normalized spacial score (nSPS) is 13.4. The lowest BCUT2D eigenvalue weighted by Gasteiger charge is -2.21. The predicted molar refractivity (Wildman–Crippen MR) is 62.6 cm³/mol. The van der Waals surface area contributed by atoms with Crippen LogP contribution in [0.15, 0.2) is 18.5 Å². The number of aliphatic hydroxyl groups excluding tert-OH is 1. The molecular weight excluding hydrogens is 188 g/mol. The third kappa shape index (κ3) is 4.06. The van der Waals surface area contributed by atoms with Crippen LogP contribution in [0.3, 0.4) is 0 Å². The zero-order valence-corrected chi connectivity index (χ0v) is 9.90. The van der Waals surface area contributed by atoms with Gasteiger partial charge >= 0.3 is 0 Å². The number of hydrogen-bond donors (Lipinski definition) is 2. The molecular formula is C12H22N2O. The van der Waals surface area contributed by atoms with Crippen molar-refractivity contribution in [1.29, 1.82) is 0 Å². The Bertz CT molecular complexity index is 281. The molecule has 1 aromatic rings. The van der Waals surface area contributed by atoms with Gasteiger partial charge in [-0.25, -0.2) is 0 Å². The summed E-state index contributed by atoms with van der Waals surface area (Å²) in [6.45, 7) is 5.49. The van der Waals surface area contributed by atoms with Crippen LogP contribution in [0.25, 0.3) is 0 Å². The standard InChI is InChI=1S/C12H22N2O/c1-10(2)12(5-7-15)13-8-11-4-6-14(3)9-11/h4,6,9-10,12-13,15H,5,7-8H2,1-3H3.